The summed E-state index contributed by atoms with van der Waals surface area (Å²) in [5.74, 6) is 2.29. The molecule has 2 aromatic rings. The molecule has 2 N–H and O–H groups in total. The number of hydrogen-bond acceptors (Lipinski definition) is 8. The normalized spacial score (nSPS) is 22.2. The molecule has 0 amide bonds. The third-order valence-electron chi connectivity index (χ3n) is 8.13. The van der Waals surface area contributed by atoms with E-state index in [2.05, 4.69) is 16.3 Å². The van der Waals surface area contributed by atoms with Crippen molar-refractivity contribution < 1.29 is 28.8 Å². The second kappa shape index (κ2) is 16.2. The average Bonchev–Trinajstić information content (AvgIpc) is 3.47. The van der Waals surface area contributed by atoms with Gasteiger partial charge in [-0.2, -0.15) is 0 Å². The monoisotopic (exact) mass is 556 g/mol. The van der Waals surface area contributed by atoms with Gasteiger partial charge in [-0.25, -0.2) is 0 Å². The minimum absolute atomic E-state index is 0.271. The quantitative estimate of drug-likeness (QED) is 0.323. The Morgan fingerprint density at radius 2 is 1.65 bits per heavy atom. The van der Waals surface area contributed by atoms with E-state index in [9.17, 15) is 5.11 Å². The Morgan fingerprint density at radius 1 is 0.900 bits per heavy atom. The third-order valence-corrected chi connectivity index (χ3v) is 8.13. The van der Waals surface area contributed by atoms with E-state index in [0.29, 0.717) is 31.8 Å². The van der Waals surface area contributed by atoms with Gasteiger partial charge in [0.05, 0.1) is 33.5 Å². The number of aliphatic hydroxyl groups excluding tert-OH is 1. The van der Waals surface area contributed by atoms with Crippen molar-refractivity contribution in [1.82, 2.24) is 10.2 Å². The molecule has 0 spiro atoms. The van der Waals surface area contributed by atoms with Crippen LogP contribution in [0.2, 0.25) is 0 Å². The summed E-state index contributed by atoms with van der Waals surface area (Å²) in [5, 5.41) is 14.1. The first-order chi connectivity index (χ1) is 19.6. The highest BCUT2D eigenvalue weighted by molar-refractivity contribution is 5.42. The van der Waals surface area contributed by atoms with E-state index in [1.165, 1.54) is 30.4 Å². The van der Waals surface area contributed by atoms with Crippen molar-refractivity contribution in [1.29, 1.82) is 0 Å². The largest absolute Gasteiger partial charge is 0.493 e. The fourth-order valence-corrected chi connectivity index (χ4v) is 5.84. The van der Waals surface area contributed by atoms with Gasteiger partial charge in [0, 0.05) is 38.8 Å². The van der Waals surface area contributed by atoms with E-state index < -0.39 is 6.10 Å². The minimum atomic E-state index is -0.551. The summed E-state index contributed by atoms with van der Waals surface area (Å²) in [4.78, 5) is 2.60. The number of hydrogen-bond donors (Lipinski definition) is 2. The lowest BCUT2D eigenvalue weighted by atomic mass is 9.91. The zero-order valence-corrected chi connectivity index (χ0v) is 24.5. The maximum Gasteiger partial charge on any atom is 0.160 e. The highest BCUT2D eigenvalue weighted by Gasteiger charge is 2.35. The zero-order chi connectivity index (χ0) is 28.2. The van der Waals surface area contributed by atoms with Gasteiger partial charge in [-0.1, -0.05) is 31.0 Å². The van der Waals surface area contributed by atoms with Crippen LogP contribution in [0, 0.1) is 0 Å². The molecule has 1 aliphatic carbocycles. The van der Waals surface area contributed by atoms with Gasteiger partial charge in [0.1, 0.15) is 18.5 Å². The van der Waals surface area contributed by atoms with Crippen molar-refractivity contribution >= 4 is 0 Å². The molecule has 2 fully saturated rings. The number of nitrogens with one attached hydrogen (secondary N) is 1. The van der Waals surface area contributed by atoms with Crippen LogP contribution in [0.3, 0.4) is 0 Å². The maximum atomic E-state index is 10.5. The van der Waals surface area contributed by atoms with Crippen LogP contribution in [0.4, 0.5) is 0 Å². The molecule has 2 unspecified atom stereocenters. The summed E-state index contributed by atoms with van der Waals surface area (Å²) in [5.41, 5.74) is 2.41. The Hall–Kier alpha value is -2.36. The number of benzene rings is 2. The summed E-state index contributed by atoms with van der Waals surface area (Å²) in [6.07, 6.45) is 7.35. The molecule has 8 nitrogen and oxygen atoms in total. The van der Waals surface area contributed by atoms with Crippen LogP contribution in [0.1, 0.15) is 43.2 Å². The molecule has 0 bridgehead atoms. The van der Waals surface area contributed by atoms with Crippen LogP contribution < -0.4 is 19.5 Å². The molecule has 1 saturated carbocycles. The van der Waals surface area contributed by atoms with E-state index in [1.54, 1.807) is 21.3 Å². The highest BCUT2D eigenvalue weighted by atomic mass is 16.5. The summed E-state index contributed by atoms with van der Waals surface area (Å²) < 4.78 is 28.2. The Labute approximate surface area is 239 Å². The number of aliphatic hydroxyl groups is 1. The van der Waals surface area contributed by atoms with E-state index in [1.807, 2.05) is 36.4 Å². The molecule has 0 aromatic heterocycles. The molecule has 0 radical (unpaired) electrons. The molecule has 8 heteroatoms. The van der Waals surface area contributed by atoms with Gasteiger partial charge < -0.3 is 34.1 Å². The molecule has 4 atom stereocenters. The fraction of sp³-hybridized carbons (Fsp3) is 0.625. The first-order valence-electron chi connectivity index (χ1n) is 14.8. The van der Waals surface area contributed by atoms with Crippen LogP contribution in [0.15, 0.2) is 42.5 Å². The number of likely N-dealkylation sites (tertiary alicyclic amines) is 1. The molecule has 1 saturated heterocycles. The van der Waals surface area contributed by atoms with Crippen molar-refractivity contribution in [3.8, 4) is 17.2 Å². The second-order valence-electron chi connectivity index (χ2n) is 10.9. The fourth-order valence-electron chi connectivity index (χ4n) is 5.84. The predicted molar refractivity (Wildman–Crippen MR) is 157 cm³/mol. The van der Waals surface area contributed by atoms with Gasteiger partial charge in [0.15, 0.2) is 11.5 Å². The molecule has 4 rings (SSSR count). The predicted octanol–water partition coefficient (Wildman–Crippen LogP) is 3.87. The van der Waals surface area contributed by atoms with Gasteiger partial charge in [-0.05, 0) is 67.5 Å². The van der Waals surface area contributed by atoms with Gasteiger partial charge in [-0.3, -0.25) is 4.90 Å². The van der Waals surface area contributed by atoms with Crippen LogP contribution in [0.25, 0.3) is 0 Å². The molecule has 1 heterocycles. The van der Waals surface area contributed by atoms with Gasteiger partial charge in [0.25, 0.3) is 0 Å². The van der Waals surface area contributed by atoms with Gasteiger partial charge >= 0.3 is 0 Å². The number of rotatable bonds is 16. The smallest absolute Gasteiger partial charge is 0.160 e. The summed E-state index contributed by atoms with van der Waals surface area (Å²) in [7, 11) is 5.04. The summed E-state index contributed by atoms with van der Waals surface area (Å²) in [6, 6.07) is 14.9. The molecule has 1 aliphatic heterocycles. The van der Waals surface area contributed by atoms with Crippen LogP contribution in [-0.2, 0) is 22.3 Å². The first-order valence-corrected chi connectivity index (χ1v) is 14.8. The van der Waals surface area contributed by atoms with Gasteiger partial charge in [-0.15, -0.1) is 0 Å². The van der Waals surface area contributed by atoms with Crippen LogP contribution in [-0.4, -0.2) is 95.1 Å². The zero-order valence-electron chi connectivity index (χ0n) is 24.5. The maximum absolute atomic E-state index is 10.5. The van der Waals surface area contributed by atoms with Crippen LogP contribution >= 0.6 is 0 Å². The van der Waals surface area contributed by atoms with E-state index in [4.69, 9.17) is 23.7 Å². The second-order valence-corrected chi connectivity index (χ2v) is 10.9. The van der Waals surface area contributed by atoms with E-state index in [0.717, 1.165) is 56.0 Å². The molecule has 2 aromatic carbocycles. The highest BCUT2D eigenvalue weighted by Crippen LogP contribution is 2.30. The first kappa shape index (κ1) is 30.6. The lowest BCUT2D eigenvalue weighted by Crippen LogP contribution is -2.47. The molecular formula is C32H48N2O6. The Balaban J connectivity index is 1.16. The lowest BCUT2D eigenvalue weighted by molar-refractivity contribution is -0.0296. The molecular weight excluding hydrogens is 508 g/mol. The molecule has 222 valence electrons. The van der Waals surface area contributed by atoms with Crippen molar-refractivity contribution in [2.75, 3.05) is 60.8 Å². The average molecular weight is 557 g/mol. The summed E-state index contributed by atoms with van der Waals surface area (Å²) >= 11 is 0. The number of methoxy groups -OCH3 is 3. The third kappa shape index (κ3) is 9.08. The van der Waals surface area contributed by atoms with Crippen LogP contribution in [0.5, 0.6) is 17.2 Å². The van der Waals surface area contributed by atoms with Crippen molar-refractivity contribution in [3.63, 3.8) is 0 Å². The lowest BCUT2D eigenvalue weighted by Gasteiger charge is -2.38. The Bertz CT molecular complexity index is 1000. The van der Waals surface area contributed by atoms with Crippen molar-refractivity contribution in [2.24, 2.45) is 0 Å². The molecule has 2 aliphatic rings. The minimum Gasteiger partial charge on any atom is -0.493 e. The molecule has 40 heavy (non-hydrogen) atoms. The van der Waals surface area contributed by atoms with Crippen molar-refractivity contribution in [3.05, 3.63) is 53.6 Å². The van der Waals surface area contributed by atoms with Crippen molar-refractivity contribution in [2.45, 2.75) is 69.2 Å². The number of nitrogens with zero attached hydrogens (tertiary/aromatic N) is 1. The Kier molecular flexibility index (Phi) is 12.4. The van der Waals surface area contributed by atoms with E-state index in [-0.39, 0.29) is 12.7 Å². The SMILES string of the molecule is COCCc1ccc(OCC(O)CNC2CCN([C@@H]3CCCC[C@H]3OCCc3ccc(OC)c(OC)c3)C2)cc1. The standard InChI is InChI=1S/C32H48N2O6/c1-36-18-15-24-8-11-28(12-9-24)40-23-27(35)21-33-26-14-17-34(22-26)29-6-4-5-7-30(29)39-19-16-25-10-13-31(37-2)32(20-25)38-3/h8-13,20,26-27,29-30,33,35H,4-7,14-19,21-23H2,1-3H3/t26?,27?,29-,30-/m1/s1. The topological polar surface area (TPSA) is 81.7 Å². The Morgan fingerprint density at radius 3 is 2.42 bits per heavy atom. The number of ether oxygens (including phenoxy) is 5. The van der Waals surface area contributed by atoms with Gasteiger partial charge in [0.2, 0.25) is 0 Å². The van der Waals surface area contributed by atoms with E-state index >= 15 is 0 Å². The summed E-state index contributed by atoms with van der Waals surface area (Å²) in [6.45, 7) is 4.28.